The molecule has 0 saturated heterocycles. The van der Waals surface area contributed by atoms with Gasteiger partial charge in [0.2, 0.25) is 0 Å². The molecule has 0 fully saturated rings. The number of benzene rings is 1. The second-order valence-electron chi connectivity index (χ2n) is 4.55. The SMILES string of the molecule is CSCCCOc1ccc2c(c1)[C@@H](N)CCC2. The minimum Gasteiger partial charge on any atom is -0.494 e. The van der Waals surface area contributed by atoms with E-state index in [9.17, 15) is 0 Å². The first-order chi connectivity index (χ1) is 8.31. The fourth-order valence-electron chi connectivity index (χ4n) is 2.30. The first kappa shape index (κ1) is 12.8. The van der Waals surface area contributed by atoms with Crippen molar-refractivity contribution in [3.63, 3.8) is 0 Å². The number of ether oxygens (including phenoxy) is 1. The maximum absolute atomic E-state index is 6.13. The van der Waals surface area contributed by atoms with Crippen LogP contribution in [0.3, 0.4) is 0 Å². The number of hydrogen-bond acceptors (Lipinski definition) is 3. The van der Waals surface area contributed by atoms with Gasteiger partial charge >= 0.3 is 0 Å². The standard InChI is InChI=1S/C14H21NOS/c1-17-9-3-8-16-12-7-6-11-4-2-5-14(15)13(11)10-12/h6-7,10,14H,2-5,8-9,15H2,1H3/t14-/m0/s1. The molecule has 1 aromatic carbocycles. The lowest BCUT2D eigenvalue weighted by molar-refractivity contribution is 0.318. The lowest BCUT2D eigenvalue weighted by Gasteiger charge is -2.22. The Morgan fingerprint density at radius 1 is 1.47 bits per heavy atom. The molecule has 1 aliphatic rings. The van der Waals surface area contributed by atoms with Crippen molar-refractivity contribution in [1.82, 2.24) is 0 Å². The van der Waals surface area contributed by atoms with Gasteiger partial charge in [0.25, 0.3) is 0 Å². The Morgan fingerprint density at radius 2 is 2.35 bits per heavy atom. The van der Waals surface area contributed by atoms with Crippen molar-refractivity contribution in [2.24, 2.45) is 5.73 Å². The lowest BCUT2D eigenvalue weighted by Crippen LogP contribution is -2.17. The molecule has 2 rings (SSSR count). The smallest absolute Gasteiger partial charge is 0.119 e. The Hall–Kier alpha value is -0.670. The van der Waals surface area contributed by atoms with Crippen molar-refractivity contribution in [2.75, 3.05) is 18.6 Å². The molecule has 0 aliphatic heterocycles. The highest BCUT2D eigenvalue weighted by atomic mass is 32.2. The predicted octanol–water partition coefficient (Wildman–Crippen LogP) is 3.15. The largest absolute Gasteiger partial charge is 0.494 e. The molecule has 0 unspecified atom stereocenters. The van der Waals surface area contributed by atoms with Crippen LogP contribution in [0.15, 0.2) is 18.2 Å². The zero-order chi connectivity index (χ0) is 12.1. The van der Waals surface area contributed by atoms with Gasteiger partial charge in [-0.3, -0.25) is 0 Å². The molecule has 1 atom stereocenters. The summed E-state index contributed by atoms with van der Waals surface area (Å²) in [5, 5.41) is 0. The Morgan fingerprint density at radius 3 is 3.18 bits per heavy atom. The molecule has 17 heavy (non-hydrogen) atoms. The second kappa shape index (κ2) is 6.31. The highest BCUT2D eigenvalue weighted by Crippen LogP contribution is 2.30. The highest BCUT2D eigenvalue weighted by molar-refractivity contribution is 7.98. The predicted molar refractivity (Wildman–Crippen MR) is 74.8 cm³/mol. The van der Waals surface area contributed by atoms with E-state index in [2.05, 4.69) is 24.5 Å². The lowest BCUT2D eigenvalue weighted by atomic mass is 9.88. The first-order valence-electron chi connectivity index (χ1n) is 6.31. The molecule has 0 heterocycles. The van der Waals surface area contributed by atoms with Crippen LogP contribution in [0.4, 0.5) is 0 Å². The fourth-order valence-corrected chi connectivity index (χ4v) is 2.70. The summed E-state index contributed by atoms with van der Waals surface area (Å²) < 4.78 is 5.75. The van der Waals surface area contributed by atoms with E-state index in [-0.39, 0.29) is 6.04 Å². The van der Waals surface area contributed by atoms with Crippen LogP contribution in [-0.2, 0) is 6.42 Å². The molecule has 0 aromatic heterocycles. The summed E-state index contributed by atoms with van der Waals surface area (Å²) in [5.74, 6) is 2.13. The van der Waals surface area contributed by atoms with Gasteiger partial charge in [0.05, 0.1) is 6.61 Å². The monoisotopic (exact) mass is 251 g/mol. The Bertz CT molecular complexity index is 367. The van der Waals surface area contributed by atoms with Crippen LogP contribution < -0.4 is 10.5 Å². The maximum atomic E-state index is 6.13. The van der Waals surface area contributed by atoms with Crippen LogP contribution in [0.5, 0.6) is 5.75 Å². The molecule has 3 heteroatoms. The van der Waals surface area contributed by atoms with Gasteiger partial charge in [0.1, 0.15) is 5.75 Å². The van der Waals surface area contributed by atoms with E-state index >= 15 is 0 Å². The minimum atomic E-state index is 0.202. The van der Waals surface area contributed by atoms with Gasteiger partial charge in [0.15, 0.2) is 0 Å². The maximum Gasteiger partial charge on any atom is 0.119 e. The highest BCUT2D eigenvalue weighted by Gasteiger charge is 2.17. The van der Waals surface area contributed by atoms with Gasteiger partial charge < -0.3 is 10.5 Å². The van der Waals surface area contributed by atoms with Crippen molar-refractivity contribution >= 4 is 11.8 Å². The van der Waals surface area contributed by atoms with Gasteiger partial charge in [-0.05, 0) is 61.0 Å². The Kier molecular flexibility index (Phi) is 4.75. The molecule has 0 bridgehead atoms. The molecule has 1 aliphatic carbocycles. The van der Waals surface area contributed by atoms with Crippen LogP contribution in [0.25, 0.3) is 0 Å². The van der Waals surface area contributed by atoms with Crippen molar-refractivity contribution in [1.29, 1.82) is 0 Å². The van der Waals surface area contributed by atoms with Crippen LogP contribution in [0.2, 0.25) is 0 Å². The van der Waals surface area contributed by atoms with E-state index in [4.69, 9.17) is 10.5 Å². The Balaban J connectivity index is 1.97. The quantitative estimate of drug-likeness (QED) is 0.816. The van der Waals surface area contributed by atoms with E-state index in [0.29, 0.717) is 0 Å². The molecule has 1 aromatic rings. The molecule has 0 amide bonds. The normalized spacial score (nSPS) is 18.8. The third-order valence-electron chi connectivity index (χ3n) is 3.24. The summed E-state index contributed by atoms with van der Waals surface area (Å²) in [5.41, 5.74) is 8.83. The van der Waals surface area contributed by atoms with Crippen LogP contribution in [0.1, 0.15) is 36.4 Å². The first-order valence-corrected chi connectivity index (χ1v) is 7.71. The van der Waals surface area contributed by atoms with Gasteiger partial charge in [-0.1, -0.05) is 6.07 Å². The molecule has 94 valence electrons. The second-order valence-corrected chi connectivity index (χ2v) is 5.54. The summed E-state index contributed by atoms with van der Waals surface area (Å²) in [6, 6.07) is 6.60. The third-order valence-corrected chi connectivity index (χ3v) is 3.94. The van der Waals surface area contributed by atoms with Gasteiger partial charge in [0, 0.05) is 6.04 Å². The zero-order valence-electron chi connectivity index (χ0n) is 10.4. The third kappa shape index (κ3) is 3.39. The zero-order valence-corrected chi connectivity index (χ0v) is 11.3. The van der Waals surface area contributed by atoms with Crippen LogP contribution >= 0.6 is 11.8 Å². The van der Waals surface area contributed by atoms with Crippen molar-refractivity contribution in [3.8, 4) is 5.75 Å². The number of fused-ring (bicyclic) bond motifs is 1. The van der Waals surface area contributed by atoms with E-state index < -0.39 is 0 Å². The van der Waals surface area contributed by atoms with Crippen molar-refractivity contribution < 1.29 is 4.74 Å². The summed E-state index contributed by atoms with van der Waals surface area (Å²) >= 11 is 1.86. The number of rotatable bonds is 5. The molecular weight excluding hydrogens is 230 g/mol. The molecule has 2 nitrogen and oxygen atoms in total. The molecule has 0 saturated carbocycles. The molecule has 2 N–H and O–H groups in total. The average Bonchev–Trinajstić information content (AvgIpc) is 2.36. The molecule has 0 spiro atoms. The number of hydrogen-bond donors (Lipinski definition) is 1. The number of thioether (sulfide) groups is 1. The Labute approximate surface area is 108 Å². The van der Waals surface area contributed by atoms with Crippen molar-refractivity contribution in [3.05, 3.63) is 29.3 Å². The summed E-state index contributed by atoms with van der Waals surface area (Å²) in [4.78, 5) is 0. The van der Waals surface area contributed by atoms with E-state index in [0.717, 1.165) is 37.4 Å². The van der Waals surface area contributed by atoms with Crippen LogP contribution in [0, 0.1) is 0 Å². The van der Waals surface area contributed by atoms with E-state index in [1.54, 1.807) is 0 Å². The summed E-state index contributed by atoms with van der Waals surface area (Å²) in [6.45, 7) is 0.800. The number of nitrogens with two attached hydrogens (primary N) is 1. The molecular formula is C14H21NOS. The minimum absolute atomic E-state index is 0.202. The van der Waals surface area contributed by atoms with Crippen molar-refractivity contribution in [2.45, 2.75) is 31.7 Å². The van der Waals surface area contributed by atoms with E-state index in [1.165, 1.54) is 17.5 Å². The van der Waals surface area contributed by atoms with Crippen LogP contribution in [-0.4, -0.2) is 18.6 Å². The van der Waals surface area contributed by atoms with Gasteiger partial charge in [-0.25, -0.2) is 0 Å². The average molecular weight is 251 g/mol. The fraction of sp³-hybridized carbons (Fsp3) is 0.571. The van der Waals surface area contributed by atoms with Gasteiger partial charge in [-0.2, -0.15) is 11.8 Å². The molecule has 0 radical (unpaired) electrons. The number of aryl methyl sites for hydroxylation is 1. The van der Waals surface area contributed by atoms with Gasteiger partial charge in [-0.15, -0.1) is 0 Å². The summed E-state index contributed by atoms with van der Waals surface area (Å²) in [6.07, 6.45) is 6.70. The summed E-state index contributed by atoms with van der Waals surface area (Å²) in [7, 11) is 0. The van der Waals surface area contributed by atoms with E-state index in [1.807, 2.05) is 11.8 Å². The topological polar surface area (TPSA) is 35.2 Å².